The molecule has 3 heterocycles. The van der Waals surface area contributed by atoms with Crippen LogP contribution in [0.3, 0.4) is 0 Å². The third kappa shape index (κ3) is 4.19. The number of amides is 1. The third-order valence-electron chi connectivity index (χ3n) is 6.41. The number of hydrogen-bond donors (Lipinski definition) is 0. The van der Waals surface area contributed by atoms with Crippen LogP contribution in [0.4, 0.5) is 4.39 Å². The summed E-state index contributed by atoms with van der Waals surface area (Å²) in [5.74, 6) is -0.0973. The molecule has 1 atom stereocenters. The molecule has 0 saturated carbocycles. The molecule has 0 radical (unpaired) electrons. The van der Waals surface area contributed by atoms with Gasteiger partial charge in [0.15, 0.2) is 5.43 Å². The van der Waals surface area contributed by atoms with Gasteiger partial charge in [0.1, 0.15) is 17.1 Å². The summed E-state index contributed by atoms with van der Waals surface area (Å²) in [6.07, 6.45) is 0.746. The monoisotopic (exact) mass is 466 g/mol. The summed E-state index contributed by atoms with van der Waals surface area (Å²) in [6, 6.07) is 10.6. The average Bonchev–Trinajstić information content (AvgIpc) is 3.13. The molecule has 1 fully saturated rings. The lowest BCUT2D eigenvalue weighted by Crippen LogP contribution is -2.38. The van der Waals surface area contributed by atoms with Crippen LogP contribution in [-0.4, -0.2) is 61.7 Å². The molecular weight excluding hydrogens is 439 g/mol. The number of carbonyl (C=O) groups excluding carboxylic acids is 1. The van der Waals surface area contributed by atoms with Crippen molar-refractivity contribution in [1.82, 2.24) is 9.80 Å². The second-order valence-electron chi connectivity index (χ2n) is 8.53. The normalized spacial score (nSPS) is 18.5. The molecular formula is C26H27FN2O5. The lowest BCUT2D eigenvalue weighted by atomic mass is 9.98. The molecule has 3 aromatic rings. The maximum Gasteiger partial charge on any atom is 0.290 e. The molecule has 7 nitrogen and oxygen atoms in total. The highest BCUT2D eigenvalue weighted by Gasteiger charge is 2.42. The van der Waals surface area contributed by atoms with Gasteiger partial charge in [-0.3, -0.25) is 14.5 Å². The molecule has 34 heavy (non-hydrogen) atoms. The molecule has 5 rings (SSSR count). The maximum absolute atomic E-state index is 13.9. The lowest BCUT2D eigenvalue weighted by molar-refractivity contribution is 0.0353. The van der Waals surface area contributed by atoms with E-state index < -0.39 is 11.9 Å². The van der Waals surface area contributed by atoms with E-state index in [4.69, 9.17) is 13.9 Å². The molecule has 1 amide bonds. The van der Waals surface area contributed by atoms with Crippen molar-refractivity contribution in [1.29, 1.82) is 0 Å². The molecule has 0 N–H and O–H groups in total. The first kappa shape index (κ1) is 22.6. The summed E-state index contributed by atoms with van der Waals surface area (Å²) in [4.78, 5) is 30.9. The van der Waals surface area contributed by atoms with E-state index in [1.165, 1.54) is 18.2 Å². The molecule has 0 aliphatic carbocycles. The van der Waals surface area contributed by atoms with Crippen LogP contribution in [0.1, 0.15) is 41.1 Å². The fourth-order valence-corrected chi connectivity index (χ4v) is 4.77. The predicted molar refractivity (Wildman–Crippen MR) is 125 cm³/mol. The van der Waals surface area contributed by atoms with Crippen LogP contribution in [0.2, 0.25) is 0 Å². The number of ether oxygens (including phenoxy) is 2. The molecule has 8 heteroatoms. The third-order valence-corrected chi connectivity index (χ3v) is 6.41. The van der Waals surface area contributed by atoms with E-state index in [2.05, 4.69) is 4.90 Å². The van der Waals surface area contributed by atoms with Crippen molar-refractivity contribution in [2.24, 2.45) is 0 Å². The van der Waals surface area contributed by atoms with Gasteiger partial charge in [-0.1, -0.05) is 12.1 Å². The first-order chi connectivity index (χ1) is 16.6. The van der Waals surface area contributed by atoms with Gasteiger partial charge in [-0.15, -0.1) is 0 Å². The first-order valence-corrected chi connectivity index (χ1v) is 11.7. The van der Waals surface area contributed by atoms with E-state index in [0.29, 0.717) is 32.1 Å². The van der Waals surface area contributed by atoms with E-state index in [1.807, 2.05) is 31.2 Å². The predicted octanol–water partition coefficient (Wildman–Crippen LogP) is 3.60. The molecule has 1 aromatic heterocycles. The van der Waals surface area contributed by atoms with Gasteiger partial charge in [-0.25, -0.2) is 4.39 Å². The Morgan fingerprint density at radius 3 is 2.56 bits per heavy atom. The van der Waals surface area contributed by atoms with E-state index >= 15 is 0 Å². The minimum absolute atomic E-state index is 0.0364. The number of nitrogens with zero attached hydrogens (tertiary/aromatic N) is 2. The van der Waals surface area contributed by atoms with Gasteiger partial charge >= 0.3 is 0 Å². The number of benzene rings is 2. The Labute approximate surface area is 196 Å². The summed E-state index contributed by atoms with van der Waals surface area (Å²) in [5.41, 5.74) is 0.876. The number of carbonyl (C=O) groups is 1. The second kappa shape index (κ2) is 9.56. The van der Waals surface area contributed by atoms with E-state index in [1.54, 1.807) is 4.90 Å². The highest BCUT2D eigenvalue weighted by Crippen LogP contribution is 2.38. The van der Waals surface area contributed by atoms with Crippen LogP contribution in [0.25, 0.3) is 11.0 Å². The fraction of sp³-hybridized carbons (Fsp3) is 0.385. The summed E-state index contributed by atoms with van der Waals surface area (Å²) in [7, 11) is 0. The van der Waals surface area contributed by atoms with Crippen LogP contribution in [0, 0.1) is 5.82 Å². The summed E-state index contributed by atoms with van der Waals surface area (Å²) < 4.78 is 30.8. The Bertz CT molecular complexity index is 1250. The molecule has 2 aliphatic heterocycles. The zero-order valence-electron chi connectivity index (χ0n) is 19.1. The number of rotatable bonds is 7. The van der Waals surface area contributed by atoms with Gasteiger partial charge in [0.25, 0.3) is 5.91 Å². The van der Waals surface area contributed by atoms with E-state index in [-0.39, 0.29) is 33.6 Å². The van der Waals surface area contributed by atoms with Gasteiger partial charge in [0.2, 0.25) is 5.76 Å². The van der Waals surface area contributed by atoms with Crippen molar-refractivity contribution < 1.29 is 23.1 Å². The first-order valence-electron chi connectivity index (χ1n) is 11.7. The van der Waals surface area contributed by atoms with Gasteiger partial charge < -0.3 is 18.8 Å². The fourth-order valence-electron chi connectivity index (χ4n) is 4.77. The number of morpholine rings is 1. The number of fused-ring (bicyclic) bond motifs is 2. The minimum Gasteiger partial charge on any atom is -0.494 e. The smallest absolute Gasteiger partial charge is 0.290 e. The van der Waals surface area contributed by atoms with Crippen molar-refractivity contribution >= 4 is 16.9 Å². The highest BCUT2D eigenvalue weighted by molar-refractivity contribution is 5.99. The summed E-state index contributed by atoms with van der Waals surface area (Å²) >= 11 is 0. The zero-order valence-corrected chi connectivity index (χ0v) is 19.1. The van der Waals surface area contributed by atoms with Crippen molar-refractivity contribution in [2.75, 3.05) is 46.0 Å². The lowest BCUT2D eigenvalue weighted by Gasteiger charge is -2.29. The Morgan fingerprint density at radius 1 is 1.06 bits per heavy atom. The summed E-state index contributed by atoms with van der Waals surface area (Å²) in [6.45, 7) is 6.90. The van der Waals surface area contributed by atoms with Crippen LogP contribution in [0.5, 0.6) is 5.75 Å². The number of halogens is 1. The van der Waals surface area contributed by atoms with Gasteiger partial charge in [0, 0.05) is 26.2 Å². The zero-order chi connectivity index (χ0) is 23.7. The highest BCUT2D eigenvalue weighted by atomic mass is 19.1. The van der Waals surface area contributed by atoms with Crippen molar-refractivity contribution in [3.8, 4) is 5.75 Å². The SMILES string of the molecule is CCOc1ccc(C2c3c(oc4ccc(F)cc4c3=O)C(=O)N2CCCN2CCOCC2)cc1. The van der Waals surface area contributed by atoms with Crippen LogP contribution >= 0.6 is 0 Å². The van der Waals surface area contributed by atoms with Crippen LogP contribution in [-0.2, 0) is 4.74 Å². The molecule has 2 aliphatic rings. The molecule has 2 aromatic carbocycles. The molecule has 1 saturated heterocycles. The largest absolute Gasteiger partial charge is 0.494 e. The molecule has 178 valence electrons. The Morgan fingerprint density at radius 2 is 1.82 bits per heavy atom. The topological polar surface area (TPSA) is 72.2 Å². The summed E-state index contributed by atoms with van der Waals surface area (Å²) in [5, 5.41) is 0.137. The quantitative estimate of drug-likeness (QED) is 0.530. The van der Waals surface area contributed by atoms with Crippen LogP contribution in [0.15, 0.2) is 51.7 Å². The Balaban J connectivity index is 1.52. The van der Waals surface area contributed by atoms with Crippen LogP contribution < -0.4 is 10.2 Å². The maximum atomic E-state index is 13.9. The van der Waals surface area contributed by atoms with Gasteiger partial charge in [-0.2, -0.15) is 0 Å². The molecule has 1 unspecified atom stereocenters. The standard InChI is InChI=1S/C26H27FN2O5/c1-2-33-19-7-4-17(5-8-19)23-22-24(30)20-16-18(27)6-9-21(20)34-25(22)26(31)29(23)11-3-10-28-12-14-32-15-13-28/h4-9,16,23H,2-3,10-15H2,1H3. The molecule has 0 bridgehead atoms. The van der Waals surface area contributed by atoms with E-state index in [0.717, 1.165) is 31.6 Å². The Hall–Kier alpha value is -3.23. The van der Waals surface area contributed by atoms with Crippen molar-refractivity contribution in [3.63, 3.8) is 0 Å². The molecule has 0 spiro atoms. The Kier molecular flexibility index (Phi) is 6.34. The second-order valence-corrected chi connectivity index (χ2v) is 8.53. The van der Waals surface area contributed by atoms with E-state index in [9.17, 15) is 14.0 Å². The average molecular weight is 467 g/mol. The van der Waals surface area contributed by atoms with Crippen molar-refractivity contribution in [3.05, 3.63) is 75.4 Å². The van der Waals surface area contributed by atoms with Gasteiger partial charge in [-0.05, 0) is 49.2 Å². The number of hydrogen-bond acceptors (Lipinski definition) is 6. The minimum atomic E-state index is -0.605. The van der Waals surface area contributed by atoms with Gasteiger partial charge in [0.05, 0.1) is 36.8 Å². The van der Waals surface area contributed by atoms with Crippen molar-refractivity contribution in [2.45, 2.75) is 19.4 Å².